The van der Waals surface area contributed by atoms with E-state index < -0.39 is 0 Å². The molecule has 0 spiro atoms. The van der Waals surface area contributed by atoms with Crippen LogP contribution in [0.3, 0.4) is 0 Å². The van der Waals surface area contributed by atoms with Crippen LogP contribution in [0.1, 0.15) is 25.3 Å². The Morgan fingerprint density at radius 2 is 2.26 bits per heavy atom. The van der Waals surface area contributed by atoms with Gasteiger partial charge in [0.1, 0.15) is 0 Å². The van der Waals surface area contributed by atoms with Gasteiger partial charge in [0.2, 0.25) is 0 Å². The second-order valence-electron chi connectivity index (χ2n) is 5.59. The summed E-state index contributed by atoms with van der Waals surface area (Å²) in [4.78, 5) is 6.48. The van der Waals surface area contributed by atoms with Crippen LogP contribution in [0, 0.1) is 5.92 Å². The molecular weight excluding hydrogens is 238 g/mol. The minimum absolute atomic E-state index is 0.208. The lowest BCUT2D eigenvalue weighted by Gasteiger charge is -2.32. The van der Waals surface area contributed by atoms with E-state index in [4.69, 9.17) is 0 Å². The monoisotopic (exact) mass is 263 g/mol. The number of nitrogens with zero attached hydrogens (tertiary/aromatic N) is 2. The highest BCUT2D eigenvalue weighted by molar-refractivity contribution is 5.07. The molecule has 0 amide bonds. The van der Waals surface area contributed by atoms with E-state index in [0.29, 0.717) is 0 Å². The summed E-state index contributed by atoms with van der Waals surface area (Å²) in [5, 5.41) is 12.9. The molecule has 4 heteroatoms. The molecule has 0 saturated carbocycles. The SMILES string of the molecule is CC(O)CN1CCC(CNCc2cccnc2)CC1. The quantitative estimate of drug-likeness (QED) is 0.811. The van der Waals surface area contributed by atoms with Gasteiger partial charge in [-0.25, -0.2) is 0 Å². The van der Waals surface area contributed by atoms with Crippen molar-refractivity contribution in [2.24, 2.45) is 5.92 Å². The second kappa shape index (κ2) is 7.58. The second-order valence-corrected chi connectivity index (χ2v) is 5.59. The lowest BCUT2D eigenvalue weighted by atomic mass is 9.96. The van der Waals surface area contributed by atoms with Crippen molar-refractivity contribution in [2.75, 3.05) is 26.2 Å². The Balaban J connectivity index is 1.61. The predicted molar refractivity (Wildman–Crippen MR) is 76.8 cm³/mol. The van der Waals surface area contributed by atoms with E-state index in [0.717, 1.165) is 38.6 Å². The number of aromatic nitrogens is 1. The van der Waals surface area contributed by atoms with Gasteiger partial charge in [-0.3, -0.25) is 4.98 Å². The Morgan fingerprint density at radius 3 is 2.89 bits per heavy atom. The molecule has 1 fully saturated rings. The Bertz CT molecular complexity index is 348. The Kier molecular flexibility index (Phi) is 5.76. The first-order valence-corrected chi connectivity index (χ1v) is 7.24. The average molecular weight is 263 g/mol. The van der Waals surface area contributed by atoms with Crippen LogP contribution >= 0.6 is 0 Å². The summed E-state index contributed by atoms with van der Waals surface area (Å²) in [6.07, 6.45) is 5.97. The zero-order valence-corrected chi connectivity index (χ0v) is 11.8. The number of likely N-dealkylation sites (tertiary alicyclic amines) is 1. The van der Waals surface area contributed by atoms with E-state index in [2.05, 4.69) is 21.3 Å². The third-order valence-electron chi connectivity index (χ3n) is 3.71. The zero-order valence-electron chi connectivity index (χ0n) is 11.8. The summed E-state index contributed by atoms with van der Waals surface area (Å²) >= 11 is 0. The molecule has 1 aliphatic heterocycles. The minimum atomic E-state index is -0.208. The molecule has 1 aromatic rings. The topological polar surface area (TPSA) is 48.4 Å². The molecule has 1 unspecified atom stereocenters. The van der Waals surface area contributed by atoms with Gasteiger partial charge in [0, 0.05) is 25.5 Å². The number of piperidine rings is 1. The molecule has 106 valence electrons. The molecule has 1 atom stereocenters. The van der Waals surface area contributed by atoms with Crippen molar-refractivity contribution in [3.05, 3.63) is 30.1 Å². The van der Waals surface area contributed by atoms with Crippen molar-refractivity contribution in [1.29, 1.82) is 0 Å². The molecule has 19 heavy (non-hydrogen) atoms. The Labute approximate surface area is 115 Å². The number of hydrogen-bond donors (Lipinski definition) is 2. The summed E-state index contributed by atoms with van der Waals surface area (Å²) < 4.78 is 0. The number of aliphatic hydroxyl groups is 1. The molecule has 1 saturated heterocycles. The summed E-state index contributed by atoms with van der Waals surface area (Å²) in [6, 6.07) is 4.08. The third kappa shape index (κ3) is 5.27. The summed E-state index contributed by atoms with van der Waals surface area (Å²) in [5.74, 6) is 0.766. The van der Waals surface area contributed by atoms with Gasteiger partial charge in [0.25, 0.3) is 0 Å². The molecule has 0 bridgehead atoms. The highest BCUT2D eigenvalue weighted by atomic mass is 16.3. The highest BCUT2D eigenvalue weighted by Gasteiger charge is 2.19. The molecule has 0 aliphatic carbocycles. The van der Waals surface area contributed by atoms with Crippen LogP contribution < -0.4 is 5.32 Å². The first kappa shape index (κ1) is 14.4. The lowest BCUT2D eigenvalue weighted by Crippen LogP contribution is -2.40. The Morgan fingerprint density at radius 1 is 1.47 bits per heavy atom. The van der Waals surface area contributed by atoms with Crippen LogP contribution in [0.15, 0.2) is 24.5 Å². The number of pyridine rings is 1. The van der Waals surface area contributed by atoms with Crippen LogP contribution in [0.2, 0.25) is 0 Å². The number of β-amino-alcohol motifs (C(OH)–C–C–N with tert-alkyl or cyclic N) is 1. The van der Waals surface area contributed by atoms with Gasteiger partial charge < -0.3 is 15.3 Å². The van der Waals surface area contributed by atoms with Gasteiger partial charge in [-0.2, -0.15) is 0 Å². The maximum Gasteiger partial charge on any atom is 0.0639 e. The summed E-state index contributed by atoms with van der Waals surface area (Å²) in [7, 11) is 0. The van der Waals surface area contributed by atoms with Gasteiger partial charge in [-0.15, -0.1) is 0 Å². The fourth-order valence-electron chi connectivity index (χ4n) is 2.67. The summed E-state index contributed by atoms with van der Waals surface area (Å²) in [5.41, 5.74) is 1.24. The number of rotatable bonds is 6. The normalized spacial score (nSPS) is 19.5. The van der Waals surface area contributed by atoms with Crippen LogP contribution in [-0.2, 0) is 6.54 Å². The van der Waals surface area contributed by atoms with Gasteiger partial charge in [-0.05, 0) is 56.9 Å². The van der Waals surface area contributed by atoms with Gasteiger partial charge >= 0.3 is 0 Å². The smallest absolute Gasteiger partial charge is 0.0639 e. The van der Waals surface area contributed by atoms with E-state index in [1.54, 1.807) is 6.20 Å². The van der Waals surface area contributed by atoms with E-state index in [1.165, 1.54) is 18.4 Å². The first-order chi connectivity index (χ1) is 9.24. The lowest BCUT2D eigenvalue weighted by molar-refractivity contribution is 0.0998. The number of aliphatic hydroxyl groups excluding tert-OH is 1. The molecule has 4 nitrogen and oxygen atoms in total. The van der Waals surface area contributed by atoms with Crippen LogP contribution in [0.5, 0.6) is 0 Å². The van der Waals surface area contributed by atoms with Crippen molar-refractivity contribution < 1.29 is 5.11 Å². The molecule has 1 aliphatic rings. The van der Waals surface area contributed by atoms with Crippen LogP contribution in [0.25, 0.3) is 0 Å². The fourth-order valence-corrected chi connectivity index (χ4v) is 2.67. The van der Waals surface area contributed by atoms with Crippen molar-refractivity contribution in [3.63, 3.8) is 0 Å². The van der Waals surface area contributed by atoms with Crippen molar-refractivity contribution in [3.8, 4) is 0 Å². The van der Waals surface area contributed by atoms with Crippen molar-refractivity contribution >= 4 is 0 Å². The number of hydrogen-bond acceptors (Lipinski definition) is 4. The minimum Gasteiger partial charge on any atom is -0.392 e. The van der Waals surface area contributed by atoms with Gasteiger partial charge in [0.05, 0.1) is 6.10 Å². The maximum absolute atomic E-state index is 9.38. The molecule has 2 N–H and O–H groups in total. The zero-order chi connectivity index (χ0) is 13.5. The van der Waals surface area contributed by atoms with Crippen molar-refractivity contribution in [1.82, 2.24) is 15.2 Å². The first-order valence-electron chi connectivity index (χ1n) is 7.24. The maximum atomic E-state index is 9.38. The Hall–Kier alpha value is -0.970. The summed E-state index contributed by atoms with van der Waals surface area (Å²) in [6.45, 7) is 6.89. The van der Waals surface area contributed by atoms with Gasteiger partial charge in [-0.1, -0.05) is 6.07 Å². The third-order valence-corrected chi connectivity index (χ3v) is 3.71. The number of nitrogens with one attached hydrogen (secondary N) is 1. The molecular formula is C15H25N3O. The molecule has 1 aromatic heterocycles. The standard InChI is InChI=1S/C15H25N3O/c1-13(19)12-18-7-4-14(5-8-18)9-17-11-15-3-2-6-16-10-15/h2-3,6,10,13-14,17,19H,4-5,7-9,11-12H2,1H3. The van der Waals surface area contributed by atoms with E-state index in [-0.39, 0.29) is 6.10 Å². The molecule has 0 radical (unpaired) electrons. The molecule has 0 aromatic carbocycles. The van der Waals surface area contributed by atoms with E-state index in [9.17, 15) is 5.11 Å². The van der Waals surface area contributed by atoms with Crippen LogP contribution in [0.4, 0.5) is 0 Å². The van der Waals surface area contributed by atoms with Gasteiger partial charge in [0.15, 0.2) is 0 Å². The predicted octanol–water partition coefficient (Wildman–Crippen LogP) is 1.26. The highest BCUT2D eigenvalue weighted by Crippen LogP contribution is 2.16. The fraction of sp³-hybridized carbons (Fsp3) is 0.667. The molecule has 2 rings (SSSR count). The van der Waals surface area contributed by atoms with E-state index in [1.807, 2.05) is 19.2 Å². The van der Waals surface area contributed by atoms with Crippen molar-refractivity contribution in [2.45, 2.75) is 32.4 Å². The van der Waals surface area contributed by atoms with Crippen LogP contribution in [-0.4, -0.2) is 47.3 Å². The largest absolute Gasteiger partial charge is 0.392 e. The van der Waals surface area contributed by atoms with E-state index >= 15 is 0 Å². The average Bonchev–Trinajstić information content (AvgIpc) is 2.41. The molecule has 2 heterocycles.